The third kappa shape index (κ3) is 2.03. The smallest absolute Gasteiger partial charge is 0.342 e. The van der Waals surface area contributed by atoms with Gasteiger partial charge in [-0.3, -0.25) is 0 Å². The molecule has 7 heteroatoms. The van der Waals surface area contributed by atoms with E-state index in [2.05, 4.69) is 4.98 Å². The first kappa shape index (κ1) is 14.6. The highest BCUT2D eigenvalue weighted by atomic mass is 35.5. The Kier molecular flexibility index (Phi) is 3.39. The topological polar surface area (TPSA) is 62.7 Å². The van der Waals surface area contributed by atoms with Gasteiger partial charge in [0.2, 0.25) is 0 Å². The van der Waals surface area contributed by atoms with Gasteiger partial charge in [0.15, 0.2) is 5.60 Å². The Morgan fingerprint density at radius 1 is 1.52 bits per heavy atom. The Bertz CT molecular complexity index is 674. The van der Waals surface area contributed by atoms with Crippen molar-refractivity contribution in [3.63, 3.8) is 0 Å². The van der Waals surface area contributed by atoms with E-state index in [1.807, 2.05) is 11.9 Å². The second-order valence-electron chi connectivity index (χ2n) is 5.31. The van der Waals surface area contributed by atoms with Crippen LogP contribution in [0.4, 0.5) is 0 Å². The maximum atomic E-state index is 12.1. The maximum Gasteiger partial charge on any atom is 0.342 e. The van der Waals surface area contributed by atoms with Crippen LogP contribution in [0.2, 0.25) is 10.3 Å². The first-order valence-corrected chi connectivity index (χ1v) is 7.25. The minimum atomic E-state index is -1.77. The fourth-order valence-corrected chi connectivity index (χ4v) is 3.65. The number of nitrogens with zero attached hydrogens (tertiary/aromatic N) is 2. The fourth-order valence-electron chi connectivity index (χ4n) is 3.13. The molecule has 112 valence electrons. The van der Waals surface area contributed by atoms with Crippen LogP contribution in [0, 0.1) is 0 Å². The zero-order chi connectivity index (χ0) is 15.4. The van der Waals surface area contributed by atoms with Crippen molar-refractivity contribution >= 4 is 34.9 Å². The van der Waals surface area contributed by atoms with Crippen molar-refractivity contribution in [2.75, 3.05) is 20.7 Å². The summed E-state index contributed by atoms with van der Waals surface area (Å²) in [5.74, 6) is -0.719. The van der Waals surface area contributed by atoms with Crippen LogP contribution in [0.3, 0.4) is 0 Å². The SMILES string of the molecule is COC(=O)C1(O)CC2=C(c3c1cc(Cl)nc3Cl)N(C)CC2. The number of rotatable bonds is 1. The maximum absolute atomic E-state index is 12.1. The standard InChI is InChI=1S/C14H14Cl2N2O3/c1-18-4-3-7-6-14(20,13(19)21-2)8-5-9(15)17-12(16)10(8)11(7)18/h5,20H,3-4,6H2,1-2H3. The van der Waals surface area contributed by atoms with Gasteiger partial charge in [-0.25, -0.2) is 9.78 Å². The number of carbonyl (C=O) groups excluding carboxylic acids is 1. The summed E-state index contributed by atoms with van der Waals surface area (Å²) in [5, 5.41) is 11.2. The largest absolute Gasteiger partial charge is 0.467 e. The quantitative estimate of drug-likeness (QED) is 0.632. The number of pyridine rings is 1. The van der Waals surface area contributed by atoms with Gasteiger partial charge in [-0.2, -0.15) is 0 Å². The number of aromatic nitrogens is 1. The van der Waals surface area contributed by atoms with Crippen molar-refractivity contribution in [1.29, 1.82) is 0 Å². The Balaban J connectivity index is 2.31. The molecule has 1 aliphatic carbocycles. The second-order valence-corrected chi connectivity index (χ2v) is 6.06. The average Bonchev–Trinajstić information content (AvgIpc) is 2.79. The summed E-state index contributed by atoms with van der Waals surface area (Å²) in [5.41, 5.74) is 1.04. The summed E-state index contributed by atoms with van der Waals surface area (Å²) in [4.78, 5) is 18.2. The molecule has 0 saturated carbocycles. The lowest BCUT2D eigenvalue weighted by molar-refractivity contribution is -0.163. The number of hydrogen-bond donors (Lipinski definition) is 1. The van der Waals surface area contributed by atoms with Gasteiger partial charge in [0.1, 0.15) is 10.3 Å². The molecule has 2 aliphatic rings. The fraction of sp³-hybridized carbons (Fsp3) is 0.429. The highest BCUT2D eigenvalue weighted by molar-refractivity contribution is 6.34. The van der Waals surface area contributed by atoms with Gasteiger partial charge in [0.05, 0.1) is 7.11 Å². The summed E-state index contributed by atoms with van der Waals surface area (Å²) in [6, 6.07) is 1.48. The molecule has 0 fully saturated rings. The van der Waals surface area contributed by atoms with E-state index in [1.165, 1.54) is 13.2 Å². The summed E-state index contributed by atoms with van der Waals surface area (Å²) in [7, 11) is 3.19. The monoisotopic (exact) mass is 328 g/mol. The van der Waals surface area contributed by atoms with Crippen LogP contribution in [-0.2, 0) is 15.1 Å². The molecular formula is C14H14Cl2N2O3. The molecule has 1 aromatic heterocycles. The Labute approximate surface area is 132 Å². The summed E-state index contributed by atoms with van der Waals surface area (Å²) in [6.07, 6.45) is 0.951. The molecule has 3 rings (SSSR count). The van der Waals surface area contributed by atoms with E-state index in [9.17, 15) is 9.90 Å². The second kappa shape index (κ2) is 4.87. The first-order chi connectivity index (χ1) is 9.88. The number of carbonyl (C=O) groups is 1. The van der Waals surface area contributed by atoms with Crippen LogP contribution in [0.15, 0.2) is 11.6 Å². The zero-order valence-corrected chi connectivity index (χ0v) is 13.1. The number of hydrogen-bond acceptors (Lipinski definition) is 5. The minimum Gasteiger partial charge on any atom is -0.467 e. The molecule has 0 bridgehead atoms. The first-order valence-electron chi connectivity index (χ1n) is 6.49. The third-order valence-electron chi connectivity index (χ3n) is 4.08. The van der Waals surface area contributed by atoms with Gasteiger partial charge < -0.3 is 14.7 Å². The van der Waals surface area contributed by atoms with Crippen LogP contribution in [0.1, 0.15) is 24.0 Å². The molecule has 0 amide bonds. The molecule has 1 N–H and O–H groups in total. The molecule has 0 saturated heterocycles. The predicted octanol–water partition coefficient (Wildman–Crippen LogP) is 2.20. The van der Waals surface area contributed by atoms with Crippen LogP contribution >= 0.6 is 23.2 Å². The molecule has 1 aromatic rings. The van der Waals surface area contributed by atoms with E-state index < -0.39 is 11.6 Å². The summed E-state index contributed by atoms with van der Waals surface area (Å²) >= 11 is 12.2. The van der Waals surface area contributed by atoms with Crippen LogP contribution < -0.4 is 0 Å². The van der Waals surface area contributed by atoms with Crippen LogP contribution in [-0.4, -0.2) is 41.7 Å². The number of esters is 1. The van der Waals surface area contributed by atoms with E-state index in [0.717, 1.165) is 24.2 Å². The van der Waals surface area contributed by atoms with E-state index in [0.29, 0.717) is 11.1 Å². The molecule has 1 atom stereocenters. The lowest BCUT2D eigenvalue weighted by atomic mass is 9.78. The van der Waals surface area contributed by atoms with Crippen molar-refractivity contribution in [1.82, 2.24) is 9.88 Å². The van der Waals surface area contributed by atoms with Crippen molar-refractivity contribution < 1.29 is 14.6 Å². The van der Waals surface area contributed by atoms with Crippen molar-refractivity contribution in [2.24, 2.45) is 0 Å². The number of halogens is 2. The molecular weight excluding hydrogens is 315 g/mol. The summed E-state index contributed by atoms with van der Waals surface area (Å²) in [6.45, 7) is 0.806. The van der Waals surface area contributed by atoms with E-state index in [1.54, 1.807) is 0 Å². The minimum absolute atomic E-state index is 0.130. The Morgan fingerprint density at radius 2 is 2.24 bits per heavy atom. The molecule has 1 aliphatic heterocycles. The molecule has 5 nitrogen and oxygen atoms in total. The normalized spacial score (nSPS) is 24.0. The van der Waals surface area contributed by atoms with E-state index in [4.69, 9.17) is 27.9 Å². The van der Waals surface area contributed by atoms with E-state index in [-0.39, 0.29) is 16.7 Å². The molecule has 2 heterocycles. The molecule has 0 radical (unpaired) electrons. The highest BCUT2D eigenvalue weighted by Gasteiger charge is 2.48. The van der Waals surface area contributed by atoms with Gasteiger partial charge in [0, 0.05) is 36.8 Å². The molecule has 1 unspecified atom stereocenters. The van der Waals surface area contributed by atoms with Crippen LogP contribution in [0.5, 0.6) is 0 Å². The average molecular weight is 329 g/mol. The highest BCUT2D eigenvalue weighted by Crippen LogP contribution is 2.49. The zero-order valence-electron chi connectivity index (χ0n) is 11.6. The van der Waals surface area contributed by atoms with Gasteiger partial charge in [-0.1, -0.05) is 23.2 Å². The Hall–Kier alpha value is -1.30. The third-order valence-corrected chi connectivity index (χ3v) is 4.55. The number of methoxy groups -OCH3 is 1. The number of ether oxygens (including phenoxy) is 1. The molecule has 0 aromatic carbocycles. The Morgan fingerprint density at radius 3 is 2.90 bits per heavy atom. The number of aliphatic hydroxyl groups is 1. The predicted molar refractivity (Wildman–Crippen MR) is 79.0 cm³/mol. The van der Waals surface area contributed by atoms with Gasteiger partial charge in [-0.15, -0.1) is 0 Å². The lowest BCUT2D eigenvalue weighted by Crippen LogP contribution is -2.40. The lowest BCUT2D eigenvalue weighted by Gasteiger charge is -2.34. The van der Waals surface area contributed by atoms with Gasteiger partial charge in [-0.05, 0) is 18.1 Å². The van der Waals surface area contributed by atoms with Crippen LogP contribution in [0.25, 0.3) is 5.70 Å². The van der Waals surface area contributed by atoms with Crippen molar-refractivity contribution in [3.8, 4) is 0 Å². The van der Waals surface area contributed by atoms with Gasteiger partial charge in [0.25, 0.3) is 0 Å². The van der Waals surface area contributed by atoms with Crippen molar-refractivity contribution in [3.05, 3.63) is 33.1 Å². The molecule has 21 heavy (non-hydrogen) atoms. The number of fused-ring (bicyclic) bond motifs is 2. The molecule has 0 spiro atoms. The van der Waals surface area contributed by atoms with Crippen molar-refractivity contribution in [2.45, 2.75) is 18.4 Å². The van der Waals surface area contributed by atoms with Gasteiger partial charge >= 0.3 is 5.97 Å². The van der Waals surface area contributed by atoms with E-state index >= 15 is 0 Å². The summed E-state index contributed by atoms with van der Waals surface area (Å²) < 4.78 is 4.77.